The molecular formula is C57H72N6O12. The molecule has 75 heavy (non-hydrogen) atoms. The zero-order valence-corrected chi connectivity index (χ0v) is 45.9. The maximum absolute atomic E-state index is 13.3. The molecule has 18 heteroatoms. The first-order valence-electron chi connectivity index (χ1n) is 25.0. The minimum Gasteiger partial charge on any atom is -0.463 e. The van der Waals surface area contributed by atoms with Gasteiger partial charge in [0.1, 0.15) is 31.0 Å². The number of likely N-dealkylation sites (N-methyl/N-ethyl adjacent to an activating group) is 3. The summed E-state index contributed by atoms with van der Waals surface area (Å²) >= 11 is 0. The highest BCUT2D eigenvalue weighted by Crippen LogP contribution is 2.48. The van der Waals surface area contributed by atoms with Gasteiger partial charge >= 0.3 is 30.0 Å². The summed E-state index contributed by atoms with van der Waals surface area (Å²) in [7, 11) is 4.57. The quantitative estimate of drug-likeness (QED) is 0.0684. The maximum Gasteiger partial charge on any atom is 0.333 e. The van der Waals surface area contributed by atoms with Crippen molar-refractivity contribution in [1.82, 2.24) is 19.6 Å². The van der Waals surface area contributed by atoms with Crippen LogP contribution in [-0.4, -0.2) is 134 Å². The molecular weight excluding hydrogens is 961 g/mol. The molecule has 0 radical (unpaired) electrons. The minimum absolute atomic E-state index is 0.0977. The predicted octanol–water partition coefficient (Wildman–Crippen LogP) is 7.74. The first-order valence-corrected chi connectivity index (χ1v) is 25.0. The topological polar surface area (TPSA) is 201 Å². The first-order chi connectivity index (χ1) is 35.0. The largest absolute Gasteiger partial charge is 0.463 e. The van der Waals surface area contributed by atoms with E-state index in [2.05, 4.69) is 26.5 Å². The highest BCUT2D eigenvalue weighted by Gasteiger charge is 2.44. The molecule has 2 aromatic carbocycles. The van der Waals surface area contributed by atoms with Crippen molar-refractivity contribution < 1.29 is 57.4 Å². The van der Waals surface area contributed by atoms with Gasteiger partial charge in [-0.1, -0.05) is 84.5 Å². The van der Waals surface area contributed by atoms with E-state index in [9.17, 15) is 43.2 Å². The molecule has 2 saturated heterocycles. The Morgan fingerprint density at radius 2 is 0.907 bits per heavy atom. The van der Waals surface area contributed by atoms with Crippen LogP contribution in [0.5, 0.6) is 0 Å². The number of amides is 8. The Bertz CT molecular complexity index is 2810. The molecule has 402 valence electrons. The fourth-order valence-corrected chi connectivity index (χ4v) is 8.72. The number of benzene rings is 2. The highest BCUT2D eigenvalue weighted by atomic mass is 16.5. The average molecular weight is 1030 g/mol. The van der Waals surface area contributed by atoms with E-state index in [0.29, 0.717) is 25.0 Å². The molecule has 0 bridgehead atoms. The monoisotopic (exact) mass is 1030 g/mol. The minimum atomic E-state index is -0.787. The third kappa shape index (κ3) is 11.8. The van der Waals surface area contributed by atoms with Crippen molar-refractivity contribution in [3.8, 4) is 0 Å². The third-order valence-electron chi connectivity index (χ3n) is 14.5. The number of fused-ring (bicyclic) bond motifs is 2. The SMILES string of the molecule is C=C(C)C(=O)OCCN1/C(=C/C=C2\C(=O)N(C)C(=O)N(CCOC(=O)C(C)(C)CC)C2=O)C(C)(C)c2ccccc21.CCC(C)(C)C(=O)OCCN1C(=O)/C(=C/C=C2/N(C)c3ccccc3C2(C)C)C(=O)N(C)C1=O. The number of carbonyl (C=O) groups is 9. The number of imide groups is 4. The normalized spacial score (nSPS) is 19.5. The summed E-state index contributed by atoms with van der Waals surface area (Å²) in [6.45, 7) is 24.0. The van der Waals surface area contributed by atoms with E-state index < -0.39 is 69.8 Å². The second kappa shape index (κ2) is 22.9. The number of allylic oxidation sites excluding steroid dienone is 6. The molecule has 2 fully saturated rings. The molecule has 2 aromatic rings. The van der Waals surface area contributed by atoms with Crippen molar-refractivity contribution in [2.45, 2.75) is 99.8 Å². The molecule has 0 N–H and O–H groups in total. The number of carbonyl (C=O) groups excluding carboxylic acids is 9. The lowest BCUT2D eigenvalue weighted by Crippen LogP contribution is -2.55. The van der Waals surface area contributed by atoms with Gasteiger partial charge in [0.15, 0.2) is 0 Å². The number of hydrogen-bond acceptors (Lipinski definition) is 14. The number of ether oxygens (including phenoxy) is 3. The van der Waals surface area contributed by atoms with Gasteiger partial charge in [-0.05, 0) is 95.0 Å². The number of anilines is 2. The fourth-order valence-electron chi connectivity index (χ4n) is 8.72. The van der Waals surface area contributed by atoms with Crippen molar-refractivity contribution >= 4 is 65.0 Å². The first kappa shape index (κ1) is 58.3. The van der Waals surface area contributed by atoms with Crippen LogP contribution in [0.15, 0.2) is 108 Å². The molecule has 0 spiro atoms. The van der Waals surface area contributed by atoms with E-state index in [1.54, 1.807) is 46.8 Å². The summed E-state index contributed by atoms with van der Waals surface area (Å²) in [6, 6.07) is 14.3. The van der Waals surface area contributed by atoms with Gasteiger partial charge in [0.05, 0.1) is 30.5 Å². The van der Waals surface area contributed by atoms with Crippen molar-refractivity contribution in [3.63, 3.8) is 0 Å². The summed E-state index contributed by atoms with van der Waals surface area (Å²) in [5.74, 6) is -4.18. The molecule has 8 amide bonds. The number of rotatable bonds is 16. The Morgan fingerprint density at radius 3 is 1.33 bits per heavy atom. The van der Waals surface area contributed by atoms with E-state index in [1.165, 1.54) is 26.2 Å². The van der Waals surface area contributed by atoms with Gasteiger partial charge in [-0.3, -0.25) is 48.4 Å². The number of barbiturate groups is 2. The molecule has 0 aliphatic carbocycles. The summed E-state index contributed by atoms with van der Waals surface area (Å²) in [5, 5.41) is 0. The summed E-state index contributed by atoms with van der Waals surface area (Å²) in [5.41, 5.74) is 3.66. The van der Waals surface area contributed by atoms with E-state index in [-0.39, 0.29) is 49.5 Å². The molecule has 18 nitrogen and oxygen atoms in total. The molecule has 0 saturated carbocycles. The Kier molecular flexibility index (Phi) is 17.8. The molecule has 0 aromatic heterocycles. The standard InChI is InChI=1S/C31H39N3O7.C26H33N3O5/c1-9-30(4,5)28(38)41-19-17-34-26(36)21(25(35)32(8)29(34)39)14-15-24-31(6,7)22-12-10-11-13-23(22)33(24)16-18-40-27(37)20(2)3;1-8-25(2,3)23(32)34-16-15-29-22(31)17(21(30)28(7)24(29)33)13-14-20-26(4,5)18-11-9-10-12-19(18)27(20)6/h10-15H,2,9,16-19H2,1,3-8H3;9-14H,8,15-16H2,1-7H3/b21-14+,24-15+;17-13+,20-14+. The van der Waals surface area contributed by atoms with E-state index >= 15 is 0 Å². The van der Waals surface area contributed by atoms with Crippen LogP contribution in [-0.2, 0) is 58.6 Å². The zero-order valence-electron chi connectivity index (χ0n) is 45.9. The fraction of sp³-hybridized carbons (Fsp3) is 0.456. The maximum atomic E-state index is 13.3. The molecule has 4 aliphatic rings. The molecule has 4 aliphatic heterocycles. The van der Waals surface area contributed by atoms with Gasteiger partial charge in [0.25, 0.3) is 23.6 Å². The second-order valence-electron chi connectivity index (χ2n) is 21.1. The summed E-state index contributed by atoms with van der Waals surface area (Å²) in [4.78, 5) is 122. The Labute approximate surface area is 440 Å². The average Bonchev–Trinajstić information content (AvgIpc) is 3.71. The molecule has 4 heterocycles. The van der Waals surface area contributed by atoms with Crippen LogP contribution in [0.25, 0.3) is 0 Å². The van der Waals surface area contributed by atoms with E-state index in [1.807, 2.05) is 87.0 Å². The lowest BCUT2D eigenvalue weighted by Gasteiger charge is -2.32. The van der Waals surface area contributed by atoms with Gasteiger partial charge in [-0.2, -0.15) is 0 Å². The molecule has 6 rings (SSSR count). The number of hydrogen-bond donors (Lipinski definition) is 0. The van der Waals surface area contributed by atoms with E-state index in [4.69, 9.17) is 14.2 Å². The predicted molar refractivity (Wildman–Crippen MR) is 283 cm³/mol. The van der Waals surface area contributed by atoms with Crippen LogP contribution in [0.1, 0.15) is 100 Å². The second-order valence-corrected chi connectivity index (χ2v) is 21.1. The zero-order chi connectivity index (χ0) is 56.1. The van der Waals surface area contributed by atoms with Gasteiger partial charge in [-0.15, -0.1) is 0 Å². The van der Waals surface area contributed by atoms with Crippen molar-refractivity contribution in [2.24, 2.45) is 10.8 Å². The lowest BCUT2D eigenvalue weighted by molar-refractivity contribution is -0.155. The van der Waals surface area contributed by atoms with Gasteiger partial charge < -0.3 is 24.0 Å². The summed E-state index contributed by atoms with van der Waals surface area (Å²) < 4.78 is 15.9. The Balaban J connectivity index is 0.000000282. The number of urea groups is 2. The Hall–Kier alpha value is -7.63. The van der Waals surface area contributed by atoms with Crippen LogP contribution < -0.4 is 9.80 Å². The van der Waals surface area contributed by atoms with Gasteiger partial charge in [0, 0.05) is 60.3 Å². The molecule has 0 unspecified atom stereocenters. The van der Waals surface area contributed by atoms with Gasteiger partial charge in [-0.25, -0.2) is 14.4 Å². The van der Waals surface area contributed by atoms with Crippen LogP contribution in [0.3, 0.4) is 0 Å². The lowest BCUT2D eigenvalue weighted by atomic mass is 9.83. The van der Waals surface area contributed by atoms with Crippen LogP contribution >= 0.6 is 0 Å². The van der Waals surface area contributed by atoms with Crippen LogP contribution in [0.2, 0.25) is 0 Å². The summed E-state index contributed by atoms with van der Waals surface area (Å²) in [6.07, 6.45) is 7.52. The molecule has 0 atom stereocenters. The van der Waals surface area contributed by atoms with Crippen LogP contribution in [0, 0.1) is 10.8 Å². The van der Waals surface area contributed by atoms with Crippen molar-refractivity contribution in [3.05, 3.63) is 119 Å². The van der Waals surface area contributed by atoms with E-state index in [0.717, 1.165) is 53.5 Å². The third-order valence-corrected chi connectivity index (χ3v) is 14.5. The number of para-hydroxylation sites is 2. The highest BCUT2D eigenvalue weighted by molar-refractivity contribution is 6.29. The van der Waals surface area contributed by atoms with Crippen molar-refractivity contribution in [2.75, 3.05) is 70.4 Å². The van der Waals surface area contributed by atoms with Gasteiger partial charge in [0.2, 0.25) is 0 Å². The smallest absolute Gasteiger partial charge is 0.333 e. The van der Waals surface area contributed by atoms with Crippen LogP contribution in [0.4, 0.5) is 21.0 Å². The van der Waals surface area contributed by atoms with Crippen molar-refractivity contribution in [1.29, 1.82) is 0 Å². The number of nitrogens with zero attached hydrogens (tertiary/aromatic N) is 6. The Morgan fingerprint density at radius 1 is 0.533 bits per heavy atom. The number of esters is 3.